The number of amides is 2. The van der Waals surface area contributed by atoms with Gasteiger partial charge >= 0.3 is 0 Å². The van der Waals surface area contributed by atoms with Gasteiger partial charge in [-0.3, -0.25) is 20.4 Å². The summed E-state index contributed by atoms with van der Waals surface area (Å²) in [4.78, 5) is 24.4. The first kappa shape index (κ1) is 17.9. The molecule has 3 N–H and O–H groups in total. The summed E-state index contributed by atoms with van der Waals surface area (Å²) in [5.74, 6) is -0.762. The van der Waals surface area contributed by atoms with Crippen molar-refractivity contribution < 1.29 is 9.59 Å². The number of rotatable bonds is 5. The van der Waals surface area contributed by atoms with Gasteiger partial charge in [0.2, 0.25) is 0 Å². The summed E-state index contributed by atoms with van der Waals surface area (Å²) in [6.45, 7) is 1.56. The molecule has 5 nitrogen and oxygen atoms in total. The first-order chi connectivity index (χ1) is 10.9. The lowest BCUT2D eigenvalue weighted by Crippen LogP contribution is -2.46. The Kier molecular flexibility index (Phi) is 6.12. The predicted molar refractivity (Wildman–Crippen MR) is 94.5 cm³/mol. The van der Waals surface area contributed by atoms with Crippen molar-refractivity contribution >= 4 is 63.6 Å². The molecule has 2 aromatic rings. The molecule has 0 aliphatic heterocycles. The van der Waals surface area contributed by atoms with Crippen LogP contribution in [0.3, 0.4) is 0 Å². The van der Waals surface area contributed by atoms with Crippen molar-refractivity contribution in [3.63, 3.8) is 0 Å². The van der Waals surface area contributed by atoms with Gasteiger partial charge in [-0.05, 0) is 30.5 Å². The minimum Gasteiger partial charge on any atom is -0.340 e. The lowest BCUT2D eigenvalue weighted by molar-refractivity contribution is -0.122. The maximum Gasteiger partial charge on any atom is 0.261 e. The van der Waals surface area contributed by atoms with Crippen molar-refractivity contribution in [3.05, 3.63) is 49.6 Å². The zero-order chi connectivity index (χ0) is 17.0. The molecule has 23 heavy (non-hydrogen) atoms. The largest absolute Gasteiger partial charge is 0.340 e. The number of hydrazine groups is 1. The minimum atomic E-state index is -0.748. The summed E-state index contributed by atoms with van der Waals surface area (Å²) in [5.41, 5.74) is 5.39. The summed E-state index contributed by atoms with van der Waals surface area (Å²) in [6.07, 6.45) is 0. The van der Waals surface area contributed by atoms with Crippen LogP contribution >= 0.6 is 46.1 Å². The van der Waals surface area contributed by atoms with Crippen LogP contribution in [0, 0.1) is 0 Å². The highest BCUT2D eigenvalue weighted by atomic mass is 35.5. The highest BCUT2D eigenvalue weighted by Gasteiger charge is 2.17. The number of carbonyl (C=O) groups is 2. The van der Waals surface area contributed by atoms with E-state index in [0.717, 1.165) is 0 Å². The molecule has 0 spiro atoms. The summed E-state index contributed by atoms with van der Waals surface area (Å²) in [5, 5.41) is 5.28. The molecule has 1 atom stereocenters. The fourth-order valence-corrected chi connectivity index (χ4v) is 3.17. The quantitative estimate of drug-likeness (QED) is 0.674. The molecule has 2 rings (SSSR count). The maximum atomic E-state index is 12.0. The molecular formula is C14H12Cl3N3O2S. The normalized spacial score (nSPS) is 11.7. The molecule has 0 aliphatic carbocycles. The van der Waals surface area contributed by atoms with E-state index < -0.39 is 11.9 Å². The van der Waals surface area contributed by atoms with Crippen molar-refractivity contribution in [1.29, 1.82) is 0 Å². The summed E-state index contributed by atoms with van der Waals surface area (Å²) in [6, 6.07) is 5.67. The van der Waals surface area contributed by atoms with Crippen LogP contribution < -0.4 is 16.2 Å². The number of anilines is 1. The second-order valence-corrected chi connectivity index (χ2v) is 6.73. The van der Waals surface area contributed by atoms with Gasteiger partial charge in [-0.1, -0.05) is 40.9 Å². The topological polar surface area (TPSA) is 70.2 Å². The summed E-state index contributed by atoms with van der Waals surface area (Å²) >= 11 is 19.1. The van der Waals surface area contributed by atoms with Gasteiger partial charge in [0.1, 0.15) is 6.04 Å². The van der Waals surface area contributed by atoms with E-state index in [4.69, 9.17) is 34.8 Å². The van der Waals surface area contributed by atoms with Crippen molar-refractivity contribution in [1.82, 2.24) is 10.7 Å². The number of carbonyl (C=O) groups excluding carboxylic acids is 2. The van der Waals surface area contributed by atoms with Crippen LogP contribution in [0.15, 0.2) is 29.6 Å². The van der Waals surface area contributed by atoms with Gasteiger partial charge in [-0.2, -0.15) is 0 Å². The lowest BCUT2D eigenvalue weighted by atomic mass is 10.3. The molecule has 1 unspecified atom stereocenters. The van der Waals surface area contributed by atoms with E-state index in [-0.39, 0.29) is 16.0 Å². The Morgan fingerprint density at radius 3 is 2.39 bits per heavy atom. The Hall–Kier alpha value is -1.47. The highest BCUT2D eigenvalue weighted by molar-refractivity contribution is 7.12. The second kappa shape index (κ2) is 7.88. The highest BCUT2D eigenvalue weighted by Crippen LogP contribution is 2.33. The van der Waals surface area contributed by atoms with E-state index in [1.54, 1.807) is 24.4 Å². The van der Waals surface area contributed by atoms with Crippen LogP contribution in [0.4, 0.5) is 5.69 Å². The van der Waals surface area contributed by atoms with Gasteiger partial charge in [0.05, 0.1) is 20.6 Å². The monoisotopic (exact) mass is 391 g/mol. The van der Waals surface area contributed by atoms with Gasteiger partial charge in [0, 0.05) is 5.02 Å². The predicted octanol–water partition coefficient (Wildman–Crippen LogP) is 3.97. The van der Waals surface area contributed by atoms with Crippen molar-refractivity contribution in [2.45, 2.75) is 13.0 Å². The second-order valence-electron chi connectivity index (χ2n) is 4.53. The average molecular weight is 393 g/mol. The first-order valence-corrected chi connectivity index (χ1v) is 8.44. The zero-order valence-corrected chi connectivity index (χ0v) is 14.9. The smallest absolute Gasteiger partial charge is 0.261 e. The van der Waals surface area contributed by atoms with E-state index in [0.29, 0.717) is 15.6 Å². The van der Waals surface area contributed by atoms with Crippen molar-refractivity contribution in [2.24, 2.45) is 0 Å². The standard InChI is InChI=1S/C14H12Cl3N3O2S/c1-7(18-14(22)11-3-2-4-23-11)13(21)20-19-12-9(16)5-8(15)6-10(12)17/h2-7,19H,1H3,(H,18,22)(H,20,21). The number of benzene rings is 1. The Morgan fingerprint density at radius 1 is 1.17 bits per heavy atom. The molecular weight excluding hydrogens is 381 g/mol. The zero-order valence-electron chi connectivity index (χ0n) is 11.8. The number of hydrogen-bond acceptors (Lipinski definition) is 4. The molecule has 0 saturated carbocycles. The summed E-state index contributed by atoms with van der Waals surface area (Å²) in [7, 11) is 0. The van der Waals surface area contributed by atoms with Crippen LogP contribution in [0.25, 0.3) is 0 Å². The number of thiophene rings is 1. The molecule has 0 fully saturated rings. The molecule has 0 saturated heterocycles. The van der Waals surface area contributed by atoms with E-state index in [9.17, 15) is 9.59 Å². The van der Waals surface area contributed by atoms with Crippen LogP contribution in [-0.2, 0) is 4.79 Å². The van der Waals surface area contributed by atoms with Gasteiger partial charge in [-0.15, -0.1) is 11.3 Å². The first-order valence-electron chi connectivity index (χ1n) is 6.43. The Morgan fingerprint density at radius 2 is 1.83 bits per heavy atom. The third kappa shape index (κ3) is 4.75. The molecule has 1 heterocycles. The Labute approximate surface area is 151 Å². The molecule has 1 aromatic heterocycles. The molecule has 9 heteroatoms. The molecule has 2 amide bonds. The van der Waals surface area contributed by atoms with Gasteiger partial charge in [0.15, 0.2) is 0 Å². The molecule has 122 valence electrons. The minimum absolute atomic E-state index is 0.262. The van der Waals surface area contributed by atoms with Crippen LogP contribution in [0.5, 0.6) is 0 Å². The van der Waals surface area contributed by atoms with Crippen molar-refractivity contribution in [3.8, 4) is 0 Å². The molecule has 0 bridgehead atoms. The fraction of sp³-hybridized carbons (Fsp3) is 0.143. The van der Waals surface area contributed by atoms with E-state index in [1.807, 2.05) is 0 Å². The average Bonchev–Trinajstić information content (AvgIpc) is 2.99. The third-order valence-electron chi connectivity index (χ3n) is 2.80. The van der Waals surface area contributed by atoms with Gasteiger partial charge < -0.3 is 5.32 Å². The fourth-order valence-electron chi connectivity index (χ4n) is 1.64. The molecule has 0 aliphatic rings. The number of hydrogen-bond donors (Lipinski definition) is 3. The molecule has 1 aromatic carbocycles. The number of halogens is 3. The lowest BCUT2D eigenvalue weighted by Gasteiger charge is -2.16. The number of nitrogens with one attached hydrogen (secondary N) is 3. The maximum absolute atomic E-state index is 12.0. The molecule has 0 radical (unpaired) electrons. The van der Waals surface area contributed by atoms with E-state index in [1.165, 1.54) is 23.5 Å². The summed E-state index contributed by atoms with van der Waals surface area (Å²) < 4.78 is 0. The van der Waals surface area contributed by atoms with E-state index in [2.05, 4.69) is 16.2 Å². The van der Waals surface area contributed by atoms with Crippen LogP contribution in [0.1, 0.15) is 16.6 Å². The van der Waals surface area contributed by atoms with Crippen LogP contribution in [0.2, 0.25) is 15.1 Å². The third-order valence-corrected chi connectivity index (χ3v) is 4.49. The van der Waals surface area contributed by atoms with Gasteiger partial charge in [-0.25, -0.2) is 0 Å². The van der Waals surface area contributed by atoms with Crippen molar-refractivity contribution in [2.75, 3.05) is 5.43 Å². The Bertz CT molecular complexity index is 699. The SMILES string of the molecule is CC(NC(=O)c1cccs1)C(=O)NNc1c(Cl)cc(Cl)cc1Cl. The Balaban J connectivity index is 1.93. The van der Waals surface area contributed by atoms with Crippen LogP contribution in [-0.4, -0.2) is 17.9 Å². The van der Waals surface area contributed by atoms with E-state index >= 15 is 0 Å². The van der Waals surface area contributed by atoms with Gasteiger partial charge in [0.25, 0.3) is 11.8 Å².